The van der Waals surface area contributed by atoms with Crippen molar-refractivity contribution >= 4 is 22.8 Å². The van der Waals surface area contributed by atoms with Crippen molar-refractivity contribution in [2.75, 3.05) is 0 Å². The number of carboxylic acid groups (broad SMARTS) is 2. The number of aromatic nitrogens is 1. The summed E-state index contributed by atoms with van der Waals surface area (Å²) >= 11 is 0. The summed E-state index contributed by atoms with van der Waals surface area (Å²) < 4.78 is 0. The minimum absolute atomic E-state index is 1.18. The van der Waals surface area contributed by atoms with Gasteiger partial charge < -0.3 is 25.4 Å². The molecule has 0 radical (unpaired) electrons. The van der Waals surface area contributed by atoms with Crippen LogP contribution in [0, 0.1) is 0 Å². The zero-order valence-electron chi connectivity index (χ0n) is 15.0. The van der Waals surface area contributed by atoms with Crippen LogP contribution in [-0.2, 0) is 9.59 Å². The average Bonchev–Trinajstić information content (AvgIpc) is 3.07. The molecule has 0 aliphatic carbocycles. The maximum atomic E-state index is 9.45. The third-order valence-corrected chi connectivity index (χ3v) is 3.33. The van der Waals surface area contributed by atoms with Gasteiger partial charge in [-0.3, -0.25) is 0 Å². The standard InChI is InChI=1S/C14H11N.2C3H6O3/c1-2-6-11(7-3-1)14-10-12-8-4-5-9-13(12)15-14;2*1-2(4)3(5)6/h1-10,15H;2*2,4H,1H3,(H,5,6). The highest BCUT2D eigenvalue weighted by atomic mass is 16.4. The minimum Gasteiger partial charge on any atom is -0.479 e. The lowest BCUT2D eigenvalue weighted by atomic mass is 10.1. The van der Waals surface area contributed by atoms with Crippen molar-refractivity contribution in [3.63, 3.8) is 0 Å². The Labute approximate surface area is 156 Å². The second kappa shape index (κ2) is 10.7. The SMILES string of the molecule is CC(O)C(=O)O.CC(O)C(=O)O.c1ccc(-c2cc3ccccc3[nH]2)cc1. The van der Waals surface area contributed by atoms with E-state index in [9.17, 15) is 9.59 Å². The highest BCUT2D eigenvalue weighted by Crippen LogP contribution is 2.23. The summed E-state index contributed by atoms with van der Waals surface area (Å²) in [5.74, 6) is -2.37. The Morgan fingerprint density at radius 3 is 1.70 bits per heavy atom. The number of rotatable bonds is 3. The second-order valence-electron chi connectivity index (χ2n) is 5.66. The fourth-order valence-corrected chi connectivity index (χ4v) is 1.85. The Bertz CT molecular complexity index is 804. The molecule has 0 bridgehead atoms. The minimum atomic E-state index is -1.23. The molecule has 2 unspecified atom stereocenters. The molecule has 1 aromatic heterocycles. The van der Waals surface area contributed by atoms with Crippen molar-refractivity contribution in [3.05, 3.63) is 60.7 Å². The summed E-state index contributed by atoms with van der Waals surface area (Å²) in [5, 5.41) is 32.8. The first-order chi connectivity index (χ1) is 12.7. The average molecular weight is 373 g/mol. The van der Waals surface area contributed by atoms with Crippen molar-refractivity contribution in [1.82, 2.24) is 4.98 Å². The highest BCUT2D eigenvalue weighted by molar-refractivity contribution is 5.85. The van der Waals surface area contributed by atoms with Crippen LogP contribution in [0.1, 0.15) is 13.8 Å². The third kappa shape index (κ3) is 7.72. The number of nitrogens with one attached hydrogen (secondary N) is 1. The molecule has 0 fully saturated rings. The van der Waals surface area contributed by atoms with Crippen LogP contribution in [0.2, 0.25) is 0 Å². The van der Waals surface area contributed by atoms with Gasteiger partial charge in [-0.1, -0.05) is 48.5 Å². The molecule has 0 aliphatic heterocycles. The molecule has 0 saturated heterocycles. The van der Waals surface area contributed by atoms with E-state index >= 15 is 0 Å². The van der Waals surface area contributed by atoms with Crippen molar-refractivity contribution < 1.29 is 30.0 Å². The molecule has 27 heavy (non-hydrogen) atoms. The molecule has 1 heterocycles. The van der Waals surface area contributed by atoms with Gasteiger partial charge in [0.05, 0.1) is 0 Å². The molecular formula is C20H23NO6. The van der Waals surface area contributed by atoms with E-state index in [0.717, 1.165) is 0 Å². The van der Waals surface area contributed by atoms with Crippen LogP contribution < -0.4 is 0 Å². The molecule has 0 aliphatic rings. The monoisotopic (exact) mass is 373 g/mol. The van der Waals surface area contributed by atoms with Crippen LogP contribution in [0.3, 0.4) is 0 Å². The van der Waals surface area contributed by atoms with E-state index in [4.69, 9.17) is 20.4 Å². The predicted octanol–water partition coefficient (Wildman–Crippen LogP) is 2.74. The van der Waals surface area contributed by atoms with Crippen molar-refractivity contribution in [3.8, 4) is 11.3 Å². The molecule has 0 amide bonds. The predicted molar refractivity (Wildman–Crippen MR) is 102 cm³/mol. The molecule has 7 heteroatoms. The lowest BCUT2D eigenvalue weighted by Gasteiger charge is -1.94. The number of benzene rings is 2. The van der Waals surface area contributed by atoms with Gasteiger partial charge in [-0.25, -0.2) is 9.59 Å². The smallest absolute Gasteiger partial charge is 0.332 e. The number of aromatic amines is 1. The summed E-state index contributed by atoms with van der Waals surface area (Å²) in [7, 11) is 0. The van der Waals surface area contributed by atoms with E-state index in [1.807, 2.05) is 12.1 Å². The number of para-hydroxylation sites is 1. The fourth-order valence-electron chi connectivity index (χ4n) is 1.85. The highest BCUT2D eigenvalue weighted by Gasteiger charge is 2.02. The molecule has 144 valence electrons. The Hall–Kier alpha value is -3.16. The topological polar surface area (TPSA) is 131 Å². The van der Waals surface area contributed by atoms with Gasteiger partial charge in [-0.2, -0.15) is 0 Å². The number of hydrogen-bond acceptors (Lipinski definition) is 4. The number of carboxylic acids is 2. The van der Waals surface area contributed by atoms with Crippen LogP contribution >= 0.6 is 0 Å². The fraction of sp³-hybridized carbons (Fsp3) is 0.200. The number of aliphatic hydroxyl groups excluding tert-OH is 2. The quantitative estimate of drug-likeness (QED) is 0.480. The van der Waals surface area contributed by atoms with Gasteiger partial charge in [0, 0.05) is 16.6 Å². The van der Waals surface area contributed by atoms with E-state index in [0.29, 0.717) is 0 Å². The van der Waals surface area contributed by atoms with E-state index in [1.165, 1.54) is 36.0 Å². The van der Waals surface area contributed by atoms with Gasteiger partial charge in [0.15, 0.2) is 0 Å². The summed E-state index contributed by atoms with van der Waals surface area (Å²) in [5.41, 5.74) is 3.60. The number of H-pyrrole nitrogens is 1. The third-order valence-electron chi connectivity index (χ3n) is 3.33. The molecule has 5 N–H and O–H groups in total. The first-order valence-corrected chi connectivity index (χ1v) is 8.17. The molecule has 3 rings (SSSR count). The van der Waals surface area contributed by atoms with Crippen molar-refractivity contribution in [2.24, 2.45) is 0 Å². The Morgan fingerprint density at radius 1 is 0.815 bits per heavy atom. The lowest BCUT2D eigenvalue weighted by Crippen LogP contribution is -2.13. The Morgan fingerprint density at radius 2 is 1.26 bits per heavy atom. The van der Waals surface area contributed by atoms with Crippen LogP contribution in [0.4, 0.5) is 0 Å². The zero-order chi connectivity index (χ0) is 20.4. The lowest BCUT2D eigenvalue weighted by molar-refractivity contribution is -0.146. The van der Waals surface area contributed by atoms with Crippen molar-refractivity contribution in [2.45, 2.75) is 26.1 Å². The van der Waals surface area contributed by atoms with Gasteiger partial charge in [-0.05, 0) is 31.5 Å². The summed E-state index contributed by atoms with van der Waals surface area (Å²) in [6, 6.07) is 20.9. The van der Waals surface area contributed by atoms with Gasteiger partial charge in [0.25, 0.3) is 0 Å². The molecule has 0 spiro atoms. The zero-order valence-corrected chi connectivity index (χ0v) is 15.0. The summed E-state index contributed by atoms with van der Waals surface area (Å²) in [6.45, 7) is 2.39. The summed E-state index contributed by atoms with van der Waals surface area (Å²) in [4.78, 5) is 22.3. The van der Waals surface area contributed by atoms with E-state index < -0.39 is 24.1 Å². The number of aliphatic carboxylic acids is 2. The second-order valence-corrected chi connectivity index (χ2v) is 5.66. The van der Waals surface area contributed by atoms with Crippen LogP contribution in [0.15, 0.2) is 60.7 Å². The summed E-state index contributed by atoms with van der Waals surface area (Å²) in [6.07, 6.45) is -2.46. The van der Waals surface area contributed by atoms with Crippen LogP contribution in [0.5, 0.6) is 0 Å². The van der Waals surface area contributed by atoms with E-state index in [1.54, 1.807) is 0 Å². The van der Waals surface area contributed by atoms with Crippen LogP contribution in [-0.4, -0.2) is 49.6 Å². The number of fused-ring (bicyclic) bond motifs is 1. The van der Waals surface area contributed by atoms with Gasteiger partial charge >= 0.3 is 11.9 Å². The molecule has 3 aromatic rings. The maximum Gasteiger partial charge on any atom is 0.332 e. The van der Waals surface area contributed by atoms with E-state index in [-0.39, 0.29) is 0 Å². The molecule has 7 nitrogen and oxygen atoms in total. The number of aliphatic hydroxyl groups is 2. The first kappa shape index (κ1) is 21.9. The van der Waals surface area contributed by atoms with Gasteiger partial charge in [0.2, 0.25) is 0 Å². The Balaban J connectivity index is 0.000000256. The molecular weight excluding hydrogens is 350 g/mol. The number of hydrogen-bond donors (Lipinski definition) is 5. The molecule has 2 atom stereocenters. The number of carbonyl (C=O) groups is 2. The maximum absolute atomic E-state index is 9.45. The largest absolute Gasteiger partial charge is 0.479 e. The van der Waals surface area contributed by atoms with Gasteiger partial charge in [-0.15, -0.1) is 0 Å². The van der Waals surface area contributed by atoms with Crippen molar-refractivity contribution in [1.29, 1.82) is 0 Å². The first-order valence-electron chi connectivity index (χ1n) is 8.17. The molecule has 0 saturated carbocycles. The molecule has 2 aromatic carbocycles. The Kier molecular flexibility index (Phi) is 8.71. The van der Waals surface area contributed by atoms with E-state index in [2.05, 4.69) is 53.5 Å². The normalized spacial score (nSPS) is 12.0. The van der Waals surface area contributed by atoms with Crippen LogP contribution in [0.25, 0.3) is 22.2 Å². The van der Waals surface area contributed by atoms with Gasteiger partial charge in [0.1, 0.15) is 12.2 Å².